The van der Waals surface area contributed by atoms with Crippen molar-refractivity contribution in [2.24, 2.45) is 0 Å². The molecule has 2 saturated heterocycles. The summed E-state index contributed by atoms with van der Waals surface area (Å²) in [5, 5.41) is 0. The lowest BCUT2D eigenvalue weighted by atomic mass is 9.75. The summed E-state index contributed by atoms with van der Waals surface area (Å²) in [7, 11) is -0.120. The molecule has 0 amide bonds. The van der Waals surface area contributed by atoms with Crippen molar-refractivity contribution in [2.45, 2.75) is 75.9 Å². The molecule has 1 aromatic rings. The van der Waals surface area contributed by atoms with Crippen LogP contribution in [0.1, 0.15) is 53.0 Å². The van der Waals surface area contributed by atoms with Gasteiger partial charge in [0.2, 0.25) is 0 Å². The van der Waals surface area contributed by atoms with Gasteiger partial charge in [-0.2, -0.15) is 0 Å². The van der Waals surface area contributed by atoms with Crippen molar-refractivity contribution in [3.63, 3.8) is 0 Å². The van der Waals surface area contributed by atoms with Crippen LogP contribution in [-0.2, 0) is 14.7 Å². The van der Waals surface area contributed by atoms with E-state index < -0.39 is 0 Å². The summed E-state index contributed by atoms with van der Waals surface area (Å²) in [6.07, 6.45) is 2.63. The Kier molecular flexibility index (Phi) is 3.69. The third-order valence-corrected chi connectivity index (χ3v) is 7.03. The topological polar surface area (TPSA) is 21.7 Å². The van der Waals surface area contributed by atoms with Crippen molar-refractivity contribution in [1.82, 2.24) is 4.90 Å². The molecule has 3 atom stereocenters. The molecule has 3 nitrogen and oxygen atoms in total. The molecule has 0 bridgehead atoms. The van der Waals surface area contributed by atoms with Gasteiger partial charge in [0.1, 0.15) is 0 Å². The van der Waals surface area contributed by atoms with E-state index in [1.807, 2.05) is 0 Å². The molecule has 0 radical (unpaired) electrons. The van der Waals surface area contributed by atoms with Crippen LogP contribution in [0.3, 0.4) is 0 Å². The zero-order valence-electron chi connectivity index (χ0n) is 15.7. The fourth-order valence-corrected chi connectivity index (χ4v) is 4.78. The monoisotopic (exact) mass is 327 g/mol. The van der Waals surface area contributed by atoms with Gasteiger partial charge in [0.15, 0.2) is 0 Å². The highest BCUT2D eigenvalue weighted by Crippen LogP contribution is 2.65. The predicted molar refractivity (Wildman–Crippen MR) is 98.2 cm³/mol. The van der Waals surface area contributed by atoms with Crippen molar-refractivity contribution in [3.8, 4) is 0 Å². The zero-order chi connectivity index (χ0) is 17.2. The maximum Gasteiger partial charge on any atom is 0.463 e. The maximum absolute atomic E-state index is 6.45. The molecule has 0 spiro atoms. The van der Waals surface area contributed by atoms with Gasteiger partial charge in [-0.1, -0.05) is 37.3 Å². The summed E-state index contributed by atoms with van der Waals surface area (Å²) in [5.74, 6) is 0.402. The third kappa shape index (κ3) is 2.30. The van der Waals surface area contributed by atoms with Crippen LogP contribution in [0.4, 0.5) is 0 Å². The van der Waals surface area contributed by atoms with E-state index in [1.165, 1.54) is 31.5 Å². The van der Waals surface area contributed by atoms with Crippen molar-refractivity contribution < 1.29 is 9.31 Å². The van der Waals surface area contributed by atoms with E-state index >= 15 is 0 Å². The number of rotatable bonds is 3. The van der Waals surface area contributed by atoms with Crippen LogP contribution < -0.4 is 0 Å². The lowest BCUT2D eigenvalue weighted by Crippen LogP contribution is -2.41. The van der Waals surface area contributed by atoms with Crippen LogP contribution in [-0.4, -0.2) is 42.4 Å². The molecule has 4 rings (SSSR count). The number of nitrogens with zero attached hydrogens (tertiary/aromatic N) is 1. The molecule has 0 aromatic heterocycles. The largest absolute Gasteiger partial charge is 0.463 e. The Hall–Kier alpha value is -0.835. The first-order valence-electron chi connectivity index (χ1n) is 9.43. The van der Waals surface area contributed by atoms with Gasteiger partial charge in [-0.25, -0.2) is 0 Å². The van der Waals surface area contributed by atoms with E-state index in [1.54, 1.807) is 0 Å². The second kappa shape index (κ2) is 5.33. The minimum atomic E-state index is -0.257. The van der Waals surface area contributed by atoms with Crippen LogP contribution in [0, 0.1) is 0 Å². The second-order valence-electron chi connectivity index (χ2n) is 8.99. The third-order valence-electron chi connectivity index (χ3n) is 7.03. The fourth-order valence-electron chi connectivity index (χ4n) is 4.78. The molecule has 2 aliphatic heterocycles. The standard InChI is InChI=1S/C20H30BNO2/c1-18(2)19(3,4)24-21(23-18)16-17(22-13-9-10-14-22)20(16,5)15-11-7-6-8-12-15/h6-8,11-12,16-17H,9-10,13-14H2,1-5H3/t16-,17+,20+/m1/s1. The van der Waals surface area contributed by atoms with Crippen LogP contribution in [0.5, 0.6) is 0 Å². The molecule has 0 N–H and O–H groups in total. The minimum absolute atomic E-state index is 0.118. The Morgan fingerprint density at radius 1 is 0.917 bits per heavy atom. The van der Waals surface area contributed by atoms with Gasteiger partial charge in [0, 0.05) is 17.3 Å². The van der Waals surface area contributed by atoms with Gasteiger partial charge >= 0.3 is 7.12 Å². The highest BCUT2D eigenvalue weighted by molar-refractivity contribution is 6.50. The van der Waals surface area contributed by atoms with E-state index in [0.717, 1.165) is 0 Å². The lowest BCUT2D eigenvalue weighted by Gasteiger charge is -2.32. The van der Waals surface area contributed by atoms with Crippen molar-refractivity contribution in [2.75, 3.05) is 13.1 Å². The van der Waals surface area contributed by atoms with Crippen molar-refractivity contribution >= 4 is 7.12 Å². The number of hydrogen-bond donors (Lipinski definition) is 0. The Balaban J connectivity index is 1.66. The highest BCUT2D eigenvalue weighted by atomic mass is 16.7. The summed E-state index contributed by atoms with van der Waals surface area (Å²) in [6.45, 7) is 13.4. The molecule has 3 fully saturated rings. The minimum Gasteiger partial charge on any atom is -0.403 e. The summed E-state index contributed by atoms with van der Waals surface area (Å²) < 4.78 is 12.9. The van der Waals surface area contributed by atoms with Crippen molar-refractivity contribution in [1.29, 1.82) is 0 Å². The van der Waals surface area contributed by atoms with Gasteiger partial charge in [0.25, 0.3) is 0 Å². The molecular formula is C20H30BNO2. The van der Waals surface area contributed by atoms with Gasteiger partial charge < -0.3 is 9.31 Å². The molecule has 0 unspecified atom stereocenters. The zero-order valence-corrected chi connectivity index (χ0v) is 15.7. The number of benzene rings is 1. The quantitative estimate of drug-likeness (QED) is 0.786. The molecular weight excluding hydrogens is 297 g/mol. The van der Waals surface area contributed by atoms with Crippen LogP contribution in [0.2, 0.25) is 5.82 Å². The fraction of sp³-hybridized carbons (Fsp3) is 0.700. The number of likely N-dealkylation sites (tertiary alicyclic amines) is 1. The van der Waals surface area contributed by atoms with Crippen LogP contribution in [0.25, 0.3) is 0 Å². The summed E-state index contributed by atoms with van der Waals surface area (Å²) in [4.78, 5) is 2.67. The average molecular weight is 327 g/mol. The Morgan fingerprint density at radius 3 is 2.00 bits per heavy atom. The first-order chi connectivity index (χ1) is 11.3. The SMILES string of the molecule is CC1(C)OB([C@@H]2[C@H](N3CCCC3)[C@@]2(C)c2ccccc2)OC1(C)C. The van der Waals surface area contributed by atoms with E-state index in [9.17, 15) is 0 Å². The normalized spacial score (nSPS) is 37.8. The molecule has 1 saturated carbocycles. The molecule has 1 aliphatic carbocycles. The molecule has 3 aliphatic rings. The van der Waals surface area contributed by atoms with Crippen molar-refractivity contribution in [3.05, 3.63) is 35.9 Å². The van der Waals surface area contributed by atoms with E-state index in [4.69, 9.17) is 9.31 Å². The smallest absolute Gasteiger partial charge is 0.403 e. The first-order valence-corrected chi connectivity index (χ1v) is 9.43. The van der Waals surface area contributed by atoms with Gasteiger partial charge in [0.05, 0.1) is 11.2 Å². The number of hydrogen-bond acceptors (Lipinski definition) is 3. The maximum atomic E-state index is 6.45. The molecule has 130 valence electrons. The molecule has 24 heavy (non-hydrogen) atoms. The predicted octanol–water partition coefficient (Wildman–Crippen LogP) is 3.88. The van der Waals surface area contributed by atoms with Gasteiger partial charge in [-0.15, -0.1) is 0 Å². The lowest BCUT2D eigenvalue weighted by molar-refractivity contribution is 0.00578. The molecule has 2 heterocycles. The Morgan fingerprint density at radius 2 is 1.46 bits per heavy atom. The first kappa shape index (κ1) is 16.6. The van der Waals surface area contributed by atoms with Gasteiger partial charge in [-0.05, 0) is 59.2 Å². The van der Waals surface area contributed by atoms with E-state index in [-0.39, 0.29) is 23.7 Å². The van der Waals surface area contributed by atoms with Gasteiger partial charge in [-0.3, -0.25) is 4.90 Å². The summed E-state index contributed by atoms with van der Waals surface area (Å²) in [5.41, 5.74) is 1.02. The average Bonchev–Trinajstić information content (AvgIpc) is 2.85. The summed E-state index contributed by atoms with van der Waals surface area (Å²) >= 11 is 0. The Bertz CT molecular complexity index is 595. The highest BCUT2D eigenvalue weighted by Gasteiger charge is 2.73. The molecule has 4 heteroatoms. The van der Waals surface area contributed by atoms with Crippen LogP contribution >= 0.6 is 0 Å². The molecule has 1 aromatic carbocycles. The van der Waals surface area contributed by atoms with E-state index in [2.05, 4.69) is 69.9 Å². The Labute approximate surface area is 146 Å². The van der Waals surface area contributed by atoms with Crippen LogP contribution in [0.15, 0.2) is 30.3 Å². The summed E-state index contributed by atoms with van der Waals surface area (Å²) in [6, 6.07) is 11.5. The van der Waals surface area contributed by atoms with E-state index in [0.29, 0.717) is 11.9 Å². The second-order valence-corrected chi connectivity index (χ2v) is 8.99.